The minimum Gasteiger partial charge on any atom is -0.508 e. The quantitative estimate of drug-likeness (QED) is 0.787. The predicted molar refractivity (Wildman–Crippen MR) is 79.7 cm³/mol. The summed E-state index contributed by atoms with van der Waals surface area (Å²) in [7, 11) is 1.51. The average Bonchev–Trinajstić information content (AvgIpc) is 2.81. The fraction of sp³-hybridized carbons (Fsp3) is 0.333. The predicted octanol–water partition coefficient (Wildman–Crippen LogP) is 2.18. The Kier molecular flexibility index (Phi) is 4.47. The zero-order chi connectivity index (χ0) is 15.4. The van der Waals surface area contributed by atoms with Crippen LogP contribution in [-0.2, 0) is 17.6 Å². The van der Waals surface area contributed by atoms with Gasteiger partial charge in [0.1, 0.15) is 11.5 Å². The molecular formula is C15H19N3O3. The number of carbonyl (C=O) groups is 1. The van der Waals surface area contributed by atoms with Crippen molar-refractivity contribution < 1.29 is 14.6 Å². The minimum atomic E-state index is -0.154. The highest BCUT2D eigenvalue weighted by molar-refractivity contribution is 5.93. The molecule has 1 aromatic heterocycles. The Morgan fingerprint density at radius 2 is 2.24 bits per heavy atom. The molecule has 0 atom stereocenters. The third-order valence-electron chi connectivity index (χ3n) is 3.24. The van der Waals surface area contributed by atoms with Crippen LogP contribution in [0.2, 0.25) is 0 Å². The van der Waals surface area contributed by atoms with Gasteiger partial charge in [0.2, 0.25) is 5.91 Å². The molecule has 0 saturated carbocycles. The van der Waals surface area contributed by atoms with Crippen LogP contribution in [0, 0.1) is 6.92 Å². The van der Waals surface area contributed by atoms with Crippen molar-refractivity contribution in [3.05, 3.63) is 35.2 Å². The van der Waals surface area contributed by atoms with E-state index in [1.807, 2.05) is 13.8 Å². The third kappa shape index (κ3) is 3.34. The lowest BCUT2D eigenvalue weighted by atomic mass is 10.1. The summed E-state index contributed by atoms with van der Waals surface area (Å²) in [6, 6.07) is 4.70. The molecule has 0 fully saturated rings. The van der Waals surface area contributed by atoms with Gasteiger partial charge in [-0.05, 0) is 19.4 Å². The topological polar surface area (TPSA) is 87.2 Å². The maximum absolute atomic E-state index is 12.2. The Morgan fingerprint density at radius 1 is 1.48 bits per heavy atom. The number of methoxy groups -OCH3 is 1. The summed E-state index contributed by atoms with van der Waals surface area (Å²) in [6.07, 6.45) is 0.902. The zero-order valence-electron chi connectivity index (χ0n) is 12.4. The molecule has 1 heterocycles. The van der Waals surface area contributed by atoms with E-state index in [2.05, 4.69) is 15.5 Å². The van der Waals surface area contributed by atoms with E-state index in [0.29, 0.717) is 11.3 Å². The molecule has 0 aliphatic carbocycles. The molecule has 6 nitrogen and oxygen atoms in total. The molecule has 0 aliphatic heterocycles. The average molecular weight is 289 g/mol. The second-order valence-electron chi connectivity index (χ2n) is 4.74. The smallest absolute Gasteiger partial charge is 0.229 e. The molecule has 0 bridgehead atoms. The summed E-state index contributed by atoms with van der Waals surface area (Å²) in [5.74, 6) is 0.443. The number of aromatic hydroxyl groups is 1. The molecule has 0 aliphatic rings. The van der Waals surface area contributed by atoms with Crippen molar-refractivity contribution >= 4 is 11.6 Å². The lowest BCUT2D eigenvalue weighted by molar-refractivity contribution is -0.115. The van der Waals surface area contributed by atoms with E-state index in [0.717, 1.165) is 23.5 Å². The Hall–Kier alpha value is -2.50. The van der Waals surface area contributed by atoms with Crippen LogP contribution in [0.3, 0.4) is 0 Å². The van der Waals surface area contributed by atoms with Gasteiger partial charge in [0.05, 0.1) is 30.6 Å². The molecule has 3 N–H and O–H groups in total. The van der Waals surface area contributed by atoms with Gasteiger partial charge in [-0.1, -0.05) is 13.0 Å². The van der Waals surface area contributed by atoms with Crippen molar-refractivity contribution in [1.82, 2.24) is 10.2 Å². The largest absolute Gasteiger partial charge is 0.508 e. The summed E-state index contributed by atoms with van der Waals surface area (Å²) in [5.41, 5.74) is 3.11. The van der Waals surface area contributed by atoms with E-state index in [1.165, 1.54) is 19.2 Å². The molecule has 21 heavy (non-hydrogen) atoms. The van der Waals surface area contributed by atoms with Crippen LogP contribution in [-0.4, -0.2) is 28.3 Å². The molecule has 0 unspecified atom stereocenters. The number of anilines is 1. The van der Waals surface area contributed by atoms with E-state index in [-0.39, 0.29) is 18.1 Å². The molecule has 6 heteroatoms. The number of phenols is 1. The van der Waals surface area contributed by atoms with Crippen molar-refractivity contribution in [2.24, 2.45) is 0 Å². The number of H-pyrrole nitrogens is 1. The monoisotopic (exact) mass is 289 g/mol. The van der Waals surface area contributed by atoms with Gasteiger partial charge < -0.3 is 15.2 Å². The Labute approximate surface area is 123 Å². The maximum Gasteiger partial charge on any atom is 0.229 e. The second kappa shape index (κ2) is 6.30. The number of hydrogen-bond acceptors (Lipinski definition) is 4. The number of nitrogens with zero attached hydrogens (tertiary/aromatic N) is 1. The maximum atomic E-state index is 12.2. The molecule has 0 spiro atoms. The molecule has 2 rings (SSSR count). The van der Waals surface area contributed by atoms with Crippen LogP contribution in [0.25, 0.3) is 0 Å². The van der Waals surface area contributed by atoms with Gasteiger partial charge in [-0.15, -0.1) is 0 Å². The zero-order valence-corrected chi connectivity index (χ0v) is 12.4. The van der Waals surface area contributed by atoms with Gasteiger partial charge >= 0.3 is 0 Å². The Bertz CT molecular complexity index is 650. The standard InChI is InChI=1S/C15H19N3O3/c1-4-12-15(9(2)17-18-12)16-14(20)7-10-5-6-11(19)8-13(10)21-3/h5-6,8,19H,4,7H2,1-3H3,(H,16,20)(H,17,18). The lowest BCUT2D eigenvalue weighted by Gasteiger charge is -2.10. The van der Waals surface area contributed by atoms with Gasteiger partial charge in [0, 0.05) is 11.6 Å². The SMILES string of the molecule is CCc1n[nH]c(C)c1NC(=O)Cc1ccc(O)cc1OC. The van der Waals surface area contributed by atoms with Crippen molar-refractivity contribution in [1.29, 1.82) is 0 Å². The number of carbonyl (C=O) groups excluding carboxylic acids is 1. The molecule has 0 radical (unpaired) electrons. The number of phenolic OH excluding ortho intramolecular Hbond substituents is 1. The van der Waals surface area contributed by atoms with E-state index < -0.39 is 0 Å². The van der Waals surface area contributed by atoms with Gasteiger partial charge in [0.15, 0.2) is 0 Å². The Balaban J connectivity index is 2.13. The van der Waals surface area contributed by atoms with Crippen LogP contribution in [0.15, 0.2) is 18.2 Å². The highest BCUT2D eigenvalue weighted by Gasteiger charge is 2.14. The fourth-order valence-corrected chi connectivity index (χ4v) is 2.14. The highest BCUT2D eigenvalue weighted by atomic mass is 16.5. The van der Waals surface area contributed by atoms with Crippen molar-refractivity contribution in [2.75, 3.05) is 12.4 Å². The lowest BCUT2D eigenvalue weighted by Crippen LogP contribution is -2.16. The van der Waals surface area contributed by atoms with Gasteiger partial charge in [-0.3, -0.25) is 9.89 Å². The summed E-state index contributed by atoms with van der Waals surface area (Å²) in [6.45, 7) is 3.84. The van der Waals surface area contributed by atoms with Crippen LogP contribution in [0.5, 0.6) is 11.5 Å². The molecule has 112 valence electrons. The fourth-order valence-electron chi connectivity index (χ4n) is 2.14. The molecule has 1 amide bonds. The number of aromatic amines is 1. The Morgan fingerprint density at radius 3 is 2.90 bits per heavy atom. The van der Waals surface area contributed by atoms with Gasteiger partial charge in [0.25, 0.3) is 0 Å². The number of hydrogen-bond donors (Lipinski definition) is 3. The summed E-state index contributed by atoms with van der Waals surface area (Å²) < 4.78 is 5.17. The number of benzene rings is 1. The normalized spacial score (nSPS) is 10.4. The molecular weight excluding hydrogens is 270 g/mol. The molecule has 0 saturated heterocycles. The first-order valence-corrected chi connectivity index (χ1v) is 6.74. The van der Waals surface area contributed by atoms with Gasteiger partial charge in [-0.25, -0.2) is 0 Å². The van der Waals surface area contributed by atoms with Crippen molar-refractivity contribution in [3.63, 3.8) is 0 Å². The van der Waals surface area contributed by atoms with E-state index >= 15 is 0 Å². The number of aromatic nitrogens is 2. The number of aryl methyl sites for hydroxylation is 2. The number of nitrogens with one attached hydrogen (secondary N) is 2. The number of ether oxygens (including phenoxy) is 1. The van der Waals surface area contributed by atoms with Crippen LogP contribution in [0.4, 0.5) is 5.69 Å². The highest BCUT2D eigenvalue weighted by Crippen LogP contribution is 2.25. The number of amides is 1. The minimum absolute atomic E-state index is 0.106. The third-order valence-corrected chi connectivity index (χ3v) is 3.24. The second-order valence-corrected chi connectivity index (χ2v) is 4.74. The van der Waals surface area contributed by atoms with Crippen molar-refractivity contribution in [2.45, 2.75) is 26.7 Å². The summed E-state index contributed by atoms with van der Waals surface area (Å²) in [5, 5.41) is 19.3. The van der Waals surface area contributed by atoms with E-state index in [1.54, 1.807) is 6.07 Å². The van der Waals surface area contributed by atoms with Crippen molar-refractivity contribution in [3.8, 4) is 11.5 Å². The van der Waals surface area contributed by atoms with Crippen LogP contribution >= 0.6 is 0 Å². The first-order chi connectivity index (χ1) is 10.0. The van der Waals surface area contributed by atoms with Gasteiger partial charge in [-0.2, -0.15) is 5.10 Å². The number of rotatable bonds is 5. The molecule has 2 aromatic rings. The first-order valence-electron chi connectivity index (χ1n) is 6.74. The molecule has 1 aromatic carbocycles. The van der Waals surface area contributed by atoms with Crippen LogP contribution < -0.4 is 10.1 Å². The summed E-state index contributed by atoms with van der Waals surface area (Å²) in [4.78, 5) is 12.2. The van der Waals surface area contributed by atoms with E-state index in [4.69, 9.17) is 4.74 Å². The van der Waals surface area contributed by atoms with E-state index in [9.17, 15) is 9.90 Å². The van der Waals surface area contributed by atoms with Crippen LogP contribution in [0.1, 0.15) is 23.9 Å². The summed E-state index contributed by atoms with van der Waals surface area (Å²) >= 11 is 0. The first kappa shape index (κ1) is 14.9.